The topological polar surface area (TPSA) is 44.1 Å². The summed E-state index contributed by atoms with van der Waals surface area (Å²) in [6.07, 6.45) is 4.85. The fourth-order valence-corrected chi connectivity index (χ4v) is 4.02. The first-order valence-corrected chi connectivity index (χ1v) is 8.85. The predicted molar refractivity (Wildman–Crippen MR) is 90.8 cm³/mol. The van der Waals surface area contributed by atoms with Crippen LogP contribution in [-0.4, -0.2) is 29.1 Å². The van der Waals surface area contributed by atoms with E-state index in [1.165, 1.54) is 17.5 Å². The summed E-state index contributed by atoms with van der Waals surface area (Å²) < 4.78 is 0. The molecule has 1 aromatic carbocycles. The van der Waals surface area contributed by atoms with E-state index in [0.717, 1.165) is 30.6 Å². The number of carbonyl (C=O) groups is 1. The lowest BCUT2D eigenvalue weighted by atomic mass is 9.81. The van der Waals surface area contributed by atoms with E-state index in [1.54, 1.807) is 23.7 Å². The van der Waals surface area contributed by atoms with Crippen LogP contribution in [0.15, 0.2) is 23.1 Å². The Bertz CT molecular complexity index is 585. The minimum atomic E-state index is -0.585. The molecule has 1 amide bonds. The lowest BCUT2D eigenvalue weighted by Crippen LogP contribution is -2.50. The molecule has 0 N–H and O–H groups in total. The molecule has 0 spiro atoms. The number of carbonyl (C=O) groups excluding carboxylic acids is 1. The molecule has 22 heavy (non-hydrogen) atoms. The summed E-state index contributed by atoms with van der Waals surface area (Å²) >= 11 is 1.56. The first-order valence-electron chi connectivity index (χ1n) is 7.86. The van der Waals surface area contributed by atoms with Gasteiger partial charge in [-0.05, 0) is 38.3 Å². The highest BCUT2D eigenvalue weighted by Crippen LogP contribution is 2.33. The Hall–Kier alpha value is -1.47. The van der Waals surface area contributed by atoms with Crippen molar-refractivity contribution in [3.63, 3.8) is 0 Å². The van der Waals surface area contributed by atoms with Gasteiger partial charge in [0.05, 0.1) is 11.8 Å². The van der Waals surface area contributed by atoms with Gasteiger partial charge in [-0.15, -0.1) is 11.8 Å². The first-order chi connectivity index (χ1) is 10.5. The quantitative estimate of drug-likeness (QED) is 0.786. The van der Waals surface area contributed by atoms with Crippen LogP contribution in [0.5, 0.6) is 0 Å². The van der Waals surface area contributed by atoms with Crippen LogP contribution < -0.4 is 0 Å². The lowest BCUT2D eigenvalue weighted by molar-refractivity contribution is -0.131. The van der Waals surface area contributed by atoms with Gasteiger partial charge in [0, 0.05) is 11.9 Å². The van der Waals surface area contributed by atoms with Crippen LogP contribution in [0.3, 0.4) is 0 Å². The maximum absolute atomic E-state index is 12.5. The van der Waals surface area contributed by atoms with Gasteiger partial charge in [-0.25, -0.2) is 0 Å². The second kappa shape index (κ2) is 7.19. The zero-order valence-electron chi connectivity index (χ0n) is 13.7. The first kappa shape index (κ1) is 16.9. The third kappa shape index (κ3) is 3.64. The Morgan fingerprint density at radius 1 is 1.32 bits per heavy atom. The van der Waals surface area contributed by atoms with Crippen molar-refractivity contribution in [3.05, 3.63) is 29.3 Å². The van der Waals surface area contributed by atoms with Crippen molar-refractivity contribution >= 4 is 17.7 Å². The molecule has 0 aliphatic heterocycles. The van der Waals surface area contributed by atoms with Crippen molar-refractivity contribution in [2.24, 2.45) is 0 Å². The SMILES string of the molecule is Cc1ccc(SCC(=O)N(C)C2(C#N)CCCCC2)c(C)c1. The van der Waals surface area contributed by atoms with Crippen molar-refractivity contribution in [3.8, 4) is 6.07 Å². The number of benzene rings is 1. The van der Waals surface area contributed by atoms with Gasteiger partial charge >= 0.3 is 0 Å². The Morgan fingerprint density at radius 3 is 2.59 bits per heavy atom. The van der Waals surface area contributed by atoms with Gasteiger partial charge in [-0.1, -0.05) is 37.0 Å². The van der Waals surface area contributed by atoms with Crippen LogP contribution in [0.4, 0.5) is 0 Å². The van der Waals surface area contributed by atoms with Gasteiger partial charge in [-0.2, -0.15) is 5.26 Å². The Balaban J connectivity index is 2.00. The Labute approximate surface area is 137 Å². The summed E-state index contributed by atoms with van der Waals surface area (Å²) in [5, 5.41) is 9.57. The van der Waals surface area contributed by atoms with Crippen molar-refractivity contribution in [2.45, 2.75) is 56.4 Å². The summed E-state index contributed by atoms with van der Waals surface area (Å²) in [6, 6.07) is 8.69. The molecule has 1 saturated carbocycles. The molecule has 0 aromatic heterocycles. The molecule has 118 valence electrons. The number of rotatable bonds is 4. The van der Waals surface area contributed by atoms with Crippen LogP contribution in [0, 0.1) is 25.2 Å². The van der Waals surface area contributed by atoms with Crippen molar-refractivity contribution in [2.75, 3.05) is 12.8 Å². The number of hydrogen-bond donors (Lipinski definition) is 0. The predicted octanol–water partition coefficient (Wildman–Crippen LogP) is 4.08. The molecule has 0 unspecified atom stereocenters. The van der Waals surface area contributed by atoms with Gasteiger partial charge < -0.3 is 4.90 Å². The van der Waals surface area contributed by atoms with E-state index < -0.39 is 5.54 Å². The number of aryl methyl sites for hydroxylation is 2. The molecule has 0 radical (unpaired) electrons. The molecule has 1 aromatic rings. The molecule has 1 aliphatic rings. The van der Waals surface area contributed by atoms with Crippen molar-refractivity contribution < 1.29 is 4.79 Å². The highest BCUT2D eigenvalue weighted by Gasteiger charge is 2.38. The van der Waals surface area contributed by atoms with Crippen molar-refractivity contribution in [1.29, 1.82) is 5.26 Å². The molecule has 0 heterocycles. The zero-order chi connectivity index (χ0) is 16.2. The lowest BCUT2D eigenvalue weighted by Gasteiger charge is -2.39. The van der Waals surface area contributed by atoms with Gasteiger partial charge in [-0.3, -0.25) is 4.79 Å². The molecule has 2 rings (SSSR count). The average molecular weight is 316 g/mol. The summed E-state index contributed by atoms with van der Waals surface area (Å²) in [5.41, 5.74) is 1.85. The standard InChI is InChI=1S/C18H24N2OS/c1-14-7-8-16(15(2)11-14)22-12-17(21)20(3)18(13-19)9-5-4-6-10-18/h7-8,11H,4-6,9-10,12H2,1-3H3. The third-order valence-corrected chi connectivity index (χ3v) is 5.75. The summed E-state index contributed by atoms with van der Waals surface area (Å²) in [6.45, 7) is 4.14. The fraction of sp³-hybridized carbons (Fsp3) is 0.556. The van der Waals surface area contributed by atoms with Crippen LogP contribution >= 0.6 is 11.8 Å². The second-order valence-electron chi connectivity index (χ2n) is 6.21. The summed E-state index contributed by atoms with van der Waals surface area (Å²) in [7, 11) is 1.79. The monoisotopic (exact) mass is 316 g/mol. The van der Waals surface area contributed by atoms with E-state index in [4.69, 9.17) is 0 Å². The highest BCUT2D eigenvalue weighted by molar-refractivity contribution is 8.00. The minimum Gasteiger partial charge on any atom is -0.326 e. The number of amides is 1. The molecule has 0 saturated heterocycles. The molecule has 0 bridgehead atoms. The van der Waals surface area contributed by atoms with E-state index in [9.17, 15) is 10.1 Å². The molecular weight excluding hydrogens is 292 g/mol. The normalized spacial score (nSPS) is 16.8. The van der Waals surface area contributed by atoms with Crippen LogP contribution in [-0.2, 0) is 4.79 Å². The van der Waals surface area contributed by atoms with E-state index >= 15 is 0 Å². The Morgan fingerprint density at radius 2 is 2.00 bits per heavy atom. The smallest absolute Gasteiger partial charge is 0.233 e. The molecule has 1 fully saturated rings. The van der Waals surface area contributed by atoms with Gasteiger partial charge in [0.15, 0.2) is 0 Å². The highest BCUT2D eigenvalue weighted by atomic mass is 32.2. The minimum absolute atomic E-state index is 0.0495. The molecular formula is C18H24N2OS. The average Bonchev–Trinajstić information content (AvgIpc) is 2.53. The van der Waals surface area contributed by atoms with Gasteiger partial charge in [0.2, 0.25) is 5.91 Å². The van der Waals surface area contributed by atoms with Gasteiger partial charge in [0.1, 0.15) is 5.54 Å². The maximum Gasteiger partial charge on any atom is 0.233 e. The largest absolute Gasteiger partial charge is 0.326 e. The molecule has 3 nitrogen and oxygen atoms in total. The van der Waals surface area contributed by atoms with Crippen LogP contribution in [0.25, 0.3) is 0 Å². The number of nitrogens with zero attached hydrogens (tertiary/aromatic N) is 2. The van der Waals surface area contributed by atoms with Gasteiger partial charge in [0.25, 0.3) is 0 Å². The fourth-order valence-electron chi connectivity index (χ4n) is 3.10. The van der Waals surface area contributed by atoms with Crippen LogP contribution in [0.1, 0.15) is 43.2 Å². The zero-order valence-corrected chi connectivity index (χ0v) is 14.5. The van der Waals surface area contributed by atoms with E-state index in [0.29, 0.717) is 5.75 Å². The summed E-state index contributed by atoms with van der Waals surface area (Å²) in [4.78, 5) is 15.3. The Kier molecular flexibility index (Phi) is 5.52. The molecule has 4 heteroatoms. The van der Waals surface area contributed by atoms with E-state index in [1.807, 2.05) is 0 Å². The number of nitriles is 1. The summed E-state index contributed by atoms with van der Waals surface area (Å²) in [5.74, 6) is 0.442. The second-order valence-corrected chi connectivity index (χ2v) is 7.23. The van der Waals surface area contributed by atoms with E-state index in [-0.39, 0.29) is 5.91 Å². The van der Waals surface area contributed by atoms with Crippen molar-refractivity contribution in [1.82, 2.24) is 4.90 Å². The molecule has 1 aliphatic carbocycles. The van der Waals surface area contributed by atoms with Crippen LogP contribution in [0.2, 0.25) is 0 Å². The van der Waals surface area contributed by atoms with E-state index in [2.05, 4.69) is 38.1 Å². The number of hydrogen-bond acceptors (Lipinski definition) is 3. The molecule has 0 atom stereocenters. The maximum atomic E-state index is 12.5. The number of thioether (sulfide) groups is 1. The third-order valence-electron chi connectivity index (χ3n) is 4.59.